The van der Waals surface area contributed by atoms with Gasteiger partial charge in [-0.2, -0.15) is 0 Å². The summed E-state index contributed by atoms with van der Waals surface area (Å²) < 4.78 is 5.65. The maximum atomic E-state index is 5.65. The van der Waals surface area contributed by atoms with Crippen LogP contribution in [0.1, 0.15) is 34.1 Å². The van der Waals surface area contributed by atoms with Gasteiger partial charge >= 0.3 is 0 Å². The highest BCUT2D eigenvalue weighted by Crippen LogP contribution is 2.01. The molecule has 0 aromatic rings. The average Bonchev–Trinajstić information content (AvgIpc) is 2.15. The minimum atomic E-state index is 0.194. The first-order valence-electron chi connectivity index (χ1n) is 5.54. The molecule has 0 fully saturated rings. The summed E-state index contributed by atoms with van der Waals surface area (Å²) in [5.41, 5.74) is 6.31. The van der Waals surface area contributed by atoms with Gasteiger partial charge in [0.15, 0.2) is 0 Å². The Kier molecular flexibility index (Phi) is 7.82. The molecule has 3 nitrogen and oxygen atoms in total. The summed E-state index contributed by atoms with van der Waals surface area (Å²) in [7, 11) is 0. The summed E-state index contributed by atoms with van der Waals surface area (Å²) in [4.78, 5) is 0. The minimum absolute atomic E-state index is 0.194. The highest BCUT2D eigenvalue weighted by molar-refractivity contribution is 5.10. The zero-order chi connectivity index (χ0) is 11.7. The second-order valence-electron chi connectivity index (χ2n) is 3.82. The normalized spacial score (nSPS) is 15.2. The van der Waals surface area contributed by atoms with Gasteiger partial charge in [0.25, 0.3) is 0 Å². The van der Waals surface area contributed by atoms with Crippen molar-refractivity contribution < 1.29 is 4.74 Å². The first-order chi connectivity index (χ1) is 7.06. The third-order valence-electron chi connectivity index (χ3n) is 1.83. The van der Waals surface area contributed by atoms with Gasteiger partial charge in [0.05, 0.1) is 5.76 Å². The number of hydrogen-bond donors (Lipinski definition) is 2. The molecule has 15 heavy (non-hydrogen) atoms. The predicted octanol–water partition coefficient (Wildman–Crippen LogP) is 2.16. The Labute approximate surface area is 93.4 Å². The quantitative estimate of drug-likeness (QED) is 0.386. The largest absolute Gasteiger partial charge is 0.494 e. The van der Waals surface area contributed by atoms with Crippen LogP contribution in [-0.2, 0) is 4.74 Å². The lowest BCUT2D eigenvalue weighted by Crippen LogP contribution is -2.26. The highest BCUT2D eigenvalue weighted by atomic mass is 16.5. The van der Waals surface area contributed by atoms with Gasteiger partial charge < -0.3 is 15.8 Å². The first-order valence-corrected chi connectivity index (χ1v) is 5.54. The Bertz CT molecular complexity index is 218. The van der Waals surface area contributed by atoms with E-state index in [1.165, 1.54) is 0 Å². The second-order valence-corrected chi connectivity index (χ2v) is 3.82. The van der Waals surface area contributed by atoms with Gasteiger partial charge in [0, 0.05) is 12.2 Å². The van der Waals surface area contributed by atoms with Crippen molar-refractivity contribution in [2.45, 2.75) is 40.2 Å². The number of hydrogen-bond acceptors (Lipinski definition) is 3. The minimum Gasteiger partial charge on any atom is -0.494 e. The van der Waals surface area contributed by atoms with Gasteiger partial charge in [-0.15, -0.1) is 0 Å². The summed E-state index contributed by atoms with van der Waals surface area (Å²) in [6, 6.07) is 0. The first kappa shape index (κ1) is 14.0. The molecule has 0 aliphatic heterocycles. The van der Waals surface area contributed by atoms with Gasteiger partial charge in [0.2, 0.25) is 0 Å². The SMILES string of the molecule is CCCNCC(C)O/C(C)=C/C=C(/C)N. The van der Waals surface area contributed by atoms with Crippen LogP contribution in [0.4, 0.5) is 0 Å². The van der Waals surface area contributed by atoms with E-state index in [1.54, 1.807) is 0 Å². The fourth-order valence-corrected chi connectivity index (χ4v) is 1.13. The van der Waals surface area contributed by atoms with E-state index < -0.39 is 0 Å². The second kappa shape index (κ2) is 8.36. The maximum Gasteiger partial charge on any atom is 0.108 e. The van der Waals surface area contributed by atoms with E-state index in [0.717, 1.165) is 31.0 Å². The number of allylic oxidation sites excluding steroid dienone is 4. The van der Waals surface area contributed by atoms with Gasteiger partial charge in [-0.05, 0) is 45.9 Å². The molecule has 0 amide bonds. The van der Waals surface area contributed by atoms with Crippen LogP contribution < -0.4 is 11.1 Å². The molecule has 0 bridgehead atoms. The van der Waals surface area contributed by atoms with Crippen LogP contribution in [0, 0.1) is 0 Å². The van der Waals surface area contributed by atoms with Crippen LogP contribution in [-0.4, -0.2) is 19.2 Å². The molecule has 0 heterocycles. The molecule has 1 unspecified atom stereocenters. The Morgan fingerprint density at radius 2 is 2.07 bits per heavy atom. The van der Waals surface area contributed by atoms with Crippen molar-refractivity contribution in [3.05, 3.63) is 23.6 Å². The smallest absolute Gasteiger partial charge is 0.108 e. The van der Waals surface area contributed by atoms with Crippen LogP contribution in [0.5, 0.6) is 0 Å². The van der Waals surface area contributed by atoms with E-state index in [4.69, 9.17) is 10.5 Å². The lowest BCUT2D eigenvalue weighted by Gasteiger charge is -2.15. The molecule has 3 heteroatoms. The van der Waals surface area contributed by atoms with Crippen molar-refractivity contribution in [1.82, 2.24) is 5.32 Å². The van der Waals surface area contributed by atoms with E-state index in [1.807, 2.05) is 26.0 Å². The van der Waals surface area contributed by atoms with Gasteiger partial charge in [-0.1, -0.05) is 6.92 Å². The summed E-state index contributed by atoms with van der Waals surface area (Å²) in [6.07, 6.45) is 5.09. The molecule has 0 saturated carbocycles. The van der Waals surface area contributed by atoms with Crippen molar-refractivity contribution in [2.24, 2.45) is 5.73 Å². The number of nitrogens with two attached hydrogens (primary N) is 1. The molecule has 3 N–H and O–H groups in total. The lowest BCUT2D eigenvalue weighted by atomic mass is 10.3. The van der Waals surface area contributed by atoms with Crippen LogP contribution in [0.2, 0.25) is 0 Å². The average molecular weight is 212 g/mol. The molecule has 0 aliphatic carbocycles. The Hall–Kier alpha value is -0.960. The third-order valence-corrected chi connectivity index (χ3v) is 1.83. The third kappa shape index (κ3) is 9.35. The fourth-order valence-electron chi connectivity index (χ4n) is 1.13. The molecule has 0 aromatic heterocycles. The van der Waals surface area contributed by atoms with Crippen molar-refractivity contribution in [1.29, 1.82) is 0 Å². The summed E-state index contributed by atoms with van der Waals surface area (Å²) in [5.74, 6) is 0.894. The van der Waals surface area contributed by atoms with Crippen molar-refractivity contribution >= 4 is 0 Å². The zero-order valence-electron chi connectivity index (χ0n) is 10.3. The van der Waals surface area contributed by atoms with Crippen molar-refractivity contribution in [3.8, 4) is 0 Å². The number of rotatable bonds is 7. The maximum absolute atomic E-state index is 5.65. The monoisotopic (exact) mass is 212 g/mol. The van der Waals surface area contributed by atoms with Crippen molar-refractivity contribution in [3.63, 3.8) is 0 Å². The molecule has 0 spiro atoms. The number of ether oxygens (including phenoxy) is 1. The fraction of sp³-hybridized carbons (Fsp3) is 0.667. The Balaban J connectivity index is 3.80. The van der Waals surface area contributed by atoms with E-state index in [-0.39, 0.29) is 6.10 Å². The number of nitrogens with one attached hydrogen (secondary N) is 1. The Morgan fingerprint density at radius 3 is 2.60 bits per heavy atom. The van der Waals surface area contributed by atoms with Gasteiger partial charge in [0.1, 0.15) is 6.10 Å². The molecule has 0 radical (unpaired) electrons. The Morgan fingerprint density at radius 1 is 1.40 bits per heavy atom. The van der Waals surface area contributed by atoms with Crippen molar-refractivity contribution in [2.75, 3.05) is 13.1 Å². The summed E-state index contributed by atoms with van der Waals surface area (Å²) in [5, 5.41) is 3.31. The van der Waals surface area contributed by atoms with Gasteiger partial charge in [-0.25, -0.2) is 0 Å². The van der Waals surface area contributed by atoms with Crippen LogP contribution >= 0.6 is 0 Å². The van der Waals surface area contributed by atoms with E-state index in [9.17, 15) is 0 Å². The molecular weight excluding hydrogens is 188 g/mol. The topological polar surface area (TPSA) is 47.3 Å². The van der Waals surface area contributed by atoms with E-state index in [0.29, 0.717) is 0 Å². The highest BCUT2D eigenvalue weighted by Gasteiger charge is 2.01. The van der Waals surface area contributed by atoms with Crippen LogP contribution in [0.25, 0.3) is 0 Å². The summed E-state index contributed by atoms with van der Waals surface area (Å²) >= 11 is 0. The zero-order valence-corrected chi connectivity index (χ0v) is 10.3. The van der Waals surface area contributed by atoms with Gasteiger partial charge in [-0.3, -0.25) is 0 Å². The van der Waals surface area contributed by atoms with E-state index >= 15 is 0 Å². The van der Waals surface area contributed by atoms with Crippen LogP contribution in [0.3, 0.4) is 0 Å². The molecule has 0 aromatic carbocycles. The molecule has 88 valence electrons. The predicted molar refractivity (Wildman–Crippen MR) is 65.4 cm³/mol. The molecule has 1 atom stereocenters. The summed E-state index contributed by atoms with van der Waals surface area (Å²) in [6.45, 7) is 9.92. The lowest BCUT2D eigenvalue weighted by molar-refractivity contribution is 0.132. The van der Waals surface area contributed by atoms with E-state index in [2.05, 4.69) is 19.2 Å². The molecular formula is C12H24N2O. The molecule has 0 aliphatic rings. The standard InChI is InChI=1S/C12H24N2O/c1-5-8-14-9-12(4)15-11(3)7-6-10(2)13/h6-7,12,14H,5,8-9,13H2,1-4H3/b10-6-,11-7+. The van der Waals surface area contributed by atoms with Crippen LogP contribution in [0.15, 0.2) is 23.6 Å². The molecule has 0 saturated heterocycles. The molecule has 0 rings (SSSR count).